The van der Waals surface area contributed by atoms with Gasteiger partial charge in [0.15, 0.2) is 0 Å². The molecule has 5 rings (SSSR count). The highest BCUT2D eigenvalue weighted by molar-refractivity contribution is 7.89. The van der Waals surface area contributed by atoms with Crippen molar-refractivity contribution in [2.45, 2.75) is 30.8 Å². The Morgan fingerprint density at radius 1 is 1.03 bits per heavy atom. The molecule has 0 radical (unpaired) electrons. The van der Waals surface area contributed by atoms with Crippen LogP contribution in [0.1, 0.15) is 34.6 Å². The number of hydrogen-bond donors (Lipinski definition) is 0. The Kier molecular flexibility index (Phi) is 6.82. The van der Waals surface area contributed by atoms with Gasteiger partial charge in [0.2, 0.25) is 10.0 Å². The molecule has 0 atom stereocenters. The van der Waals surface area contributed by atoms with E-state index in [-0.39, 0.29) is 17.1 Å². The van der Waals surface area contributed by atoms with Crippen LogP contribution in [0.2, 0.25) is 0 Å². The highest BCUT2D eigenvalue weighted by atomic mass is 32.2. The number of thiazole rings is 1. The predicted molar refractivity (Wildman–Crippen MR) is 131 cm³/mol. The Morgan fingerprint density at radius 2 is 1.79 bits per heavy atom. The summed E-state index contributed by atoms with van der Waals surface area (Å²) in [5.41, 5.74) is 1.78. The first-order valence-electron chi connectivity index (χ1n) is 11.5. The van der Waals surface area contributed by atoms with Crippen molar-refractivity contribution >= 4 is 43.2 Å². The first-order valence-corrected chi connectivity index (χ1v) is 13.8. The number of aromatic nitrogens is 1. The molecule has 2 aliphatic rings. The highest BCUT2D eigenvalue weighted by Gasteiger charge is 2.29. The molecular weight excluding hydrogens is 474 g/mol. The number of para-hydroxylation sites is 1. The largest absolute Gasteiger partial charge is 0.455 e. The van der Waals surface area contributed by atoms with Crippen molar-refractivity contribution in [2.24, 2.45) is 0 Å². The fourth-order valence-corrected chi connectivity index (χ4v) is 6.78. The van der Waals surface area contributed by atoms with Gasteiger partial charge >= 0.3 is 5.97 Å². The van der Waals surface area contributed by atoms with Crippen molar-refractivity contribution in [3.63, 3.8) is 0 Å². The van der Waals surface area contributed by atoms with E-state index >= 15 is 0 Å². The lowest BCUT2D eigenvalue weighted by Crippen LogP contribution is -2.38. The number of carbonyl (C=O) groups is 1. The van der Waals surface area contributed by atoms with Crippen molar-refractivity contribution < 1.29 is 22.7 Å². The minimum Gasteiger partial charge on any atom is -0.455 e. The topological polar surface area (TPSA) is 89.0 Å². The Balaban J connectivity index is 1.43. The van der Waals surface area contributed by atoms with Gasteiger partial charge in [-0.25, -0.2) is 18.2 Å². The fraction of sp³-hybridized carbons (Fsp3) is 0.417. The summed E-state index contributed by atoms with van der Waals surface area (Å²) in [4.78, 5) is 19.9. The summed E-state index contributed by atoms with van der Waals surface area (Å²) in [6.45, 7) is 3.38. The lowest BCUT2D eigenvalue weighted by molar-refractivity contribution is 0.0472. The van der Waals surface area contributed by atoms with E-state index in [9.17, 15) is 13.2 Å². The Labute approximate surface area is 203 Å². The van der Waals surface area contributed by atoms with Gasteiger partial charge in [0.1, 0.15) is 11.6 Å². The summed E-state index contributed by atoms with van der Waals surface area (Å²) in [6, 6.07) is 12.5. The number of rotatable bonds is 6. The van der Waals surface area contributed by atoms with Crippen LogP contribution >= 0.6 is 11.3 Å². The maximum absolute atomic E-state index is 13.3. The molecule has 1 aromatic heterocycles. The normalized spacial score (nSPS) is 17.7. The van der Waals surface area contributed by atoms with Crippen LogP contribution < -0.4 is 4.90 Å². The number of ether oxygens (including phenoxy) is 2. The molecule has 2 aromatic carbocycles. The van der Waals surface area contributed by atoms with Crippen LogP contribution in [0.4, 0.5) is 5.69 Å². The summed E-state index contributed by atoms with van der Waals surface area (Å²) in [6.07, 6.45) is 2.73. The monoisotopic (exact) mass is 501 g/mol. The molecule has 2 fully saturated rings. The van der Waals surface area contributed by atoms with Crippen molar-refractivity contribution in [3.8, 4) is 0 Å². The first-order chi connectivity index (χ1) is 16.5. The van der Waals surface area contributed by atoms with Gasteiger partial charge in [-0.05, 0) is 43.2 Å². The van der Waals surface area contributed by atoms with E-state index in [0.29, 0.717) is 50.1 Å². The molecular formula is C24H27N3O5S2. The van der Waals surface area contributed by atoms with Crippen LogP contribution in [0, 0.1) is 0 Å². The van der Waals surface area contributed by atoms with E-state index in [2.05, 4.69) is 4.98 Å². The van der Waals surface area contributed by atoms with Crippen LogP contribution in [0.3, 0.4) is 0 Å². The molecule has 0 bridgehead atoms. The highest BCUT2D eigenvalue weighted by Crippen LogP contribution is 2.29. The summed E-state index contributed by atoms with van der Waals surface area (Å²) < 4.78 is 40.1. The summed E-state index contributed by atoms with van der Waals surface area (Å²) in [5.74, 6) is -0.559. The van der Waals surface area contributed by atoms with Gasteiger partial charge in [0, 0.05) is 26.2 Å². The van der Waals surface area contributed by atoms with E-state index in [1.165, 1.54) is 21.7 Å². The van der Waals surface area contributed by atoms with E-state index < -0.39 is 16.0 Å². The molecule has 8 nitrogen and oxygen atoms in total. The van der Waals surface area contributed by atoms with Crippen molar-refractivity contribution in [3.05, 3.63) is 53.0 Å². The minimum absolute atomic E-state index is 0.0316. The molecule has 3 aromatic rings. The Morgan fingerprint density at radius 3 is 2.56 bits per heavy atom. The number of benzene rings is 2. The van der Waals surface area contributed by atoms with Crippen molar-refractivity contribution in [2.75, 3.05) is 44.3 Å². The third-order valence-electron chi connectivity index (χ3n) is 6.16. The Bertz CT molecular complexity index is 1250. The number of anilines is 1. The van der Waals surface area contributed by atoms with Gasteiger partial charge in [-0.3, -0.25) is 0 Å². The maximum atomic E-state index is 13.3. The number of hydrogen-bond acceptors (Lipinski definition) is 8. The van der Waals surface area contributed by atoms with Crippen molar-refractivity contribution in [1.29, 1.82) is 0 Å². The fourth-order valence-electron chi connectivity index (χ4n) is 4.36. The SMILES string of the molecule is O=C(OCc1nc2ccccc2s1)c1cc(S(=O)(=O)N2CCCCC2)ccc1N1CCOCC1. The standard InChI is InChI=1S/C24H27N3O5S2/c28-24(32-17-23-25-20-6-2-3-7-22(20)33-23)19-16-18(34(29,30)27-10-4-1-5-11-27)8-9-21(19)26-12-14-31-15-13-26/h2-3,6-9,16H,1,4-5,10-15,17H2. The maximum Gasteiger partial charge on any atom is 0.340 e. The number of fused-ring (bicyclic) bond motifs is 1. The number of piperidine rings is 1. The number of esters is 1. The molecule has 10 heteroatoms. The Hall–Kier alpha value is -2.53. The number of carbonyl (C=O) groups excluding carboxylic acids is 1. The molecule has 0 saturated carbocycles. The van der Waals surface area contributed by atoms with Crippen LogP contribution in [0.15, 0.2) is 47.4 Å². The molecule has 0 amide bonds. The quantitative estimate of drug-likeness (QED) is 0.476. The number of nitrogens with zero attached hydrogens (tertiary/aromatic N) is 3. The molecule has 3 heterocycles. The predicted octanol–water partition coefficient (Wildman–Crippen LogP) is 3.66. The van der Waals surface area contributed by atoms with Crippen LogP contribution in [-0.4, -0.2) is 63.1 Å². The zero-order valence-electron chi connectivity index (χ0n) is 18.8. The molecule has 0 aliphatic carbocycles. The zero-order valence-corrected chi connectivity index (χ0v) is 20.4. The smallest absolute Gasteiger partial charge is 0.340 e. The average Bonchev–Trinajstić information content (AvgIpc) is 3.31. The summed E-state index contributed by atoms with van der Waals surface area (Å²) >= 11 is 1.48. The molecule has 2 saturated heterocycles. The summed E-state index contributed by atoms with van der Waals surface area (Å²) in [5, 5.41) is 0.694. The molecule has 180 valence electrons. The third kappa shape index (κ3) is 4.81. The van der Waals surface area contributed by atoms with Gasteiger partial charge in [0.05, 0.1) is 39.6 Å². The van der Waals surface area contributed by atoms with E-state index in [1.807, 2.05) is 29.2 Å². The summed E-state index contributed by atoms with van der Waals surface area (Å²) in [7, 11) is -3.68. The molecule has 34 heavy (non-hydrogen) atoms. The van der Waals surface area contributed by atoms with Gasteiger partial charge in [0.25, 0.3) is 0 Å². The molecule has 2 aliphatic heterocycles. The second-order valence-electron chi connectivity index (χ2n) is 8.39. The van der Waals surface area contributed by atoms with Gasteiger partial charge in [-0.2, -0.15) is 4.31 Å². The van der Waals surface area contributed by atoms with Crippen LogP contribution in [0.25, 0.3) is 10.2 Å². The lowest BCUT2D eigenvalue weighted by atomic mass is 10.1. The van der Waals surface area contributed by atoms with Gasteiger partial charge < -0.3 is 14.4 Å². The number of sulfonamides is 1. The van der Waals surface area contributed by atoms with E-state index in [0.717, 1.165) is 29.5 Å². The van der Waals surface area contributed by atoms with E-state index in [1.54, 1.807) is 12.1 Å². The zero-order chi connectivity index (χ0) is 23.5. The molecule has 0 spiro atoms. The number of morpholine rings is 1. The first kappa shape index (κ1) is 23.2. The van der Waals surface area contributed by atoms with E-state index in [4.69, 9.17) is 9.47 Å². The molecule has 0 N–H and O–H groups in total. The lowest BCUT2D eigenvalue weighted by Gasteiger charge is -2.31. The van der Waals surface area contributed by atoms with Crippen LogP contribution in [0.5, 0.6) is 0 Å². The minimum atomic E-state index is -3.68. The van der Waals surface area contributed by atoms with Crippen molar-refractivity contribution in [1.82, 2.24) is 9.29 Å². The second kappa shape index (κ2) is 9.99. The third-order valence-corrected chi connectivity index (χ3v) is 9.06. The van der Waals surface area contributed by atoms with Gasteiger partial charge in [-0.15, -0.1) is 11.3 Å². The molecule has 0 unspecified atom stereocenters. The van der Waals surface area contributed by atoms with Crippen LogP contribution in [-0.2, 0) is 26.1 Å². The average molecular weight is 502 g/mol. The van der Waals surface area contributed by atoms with Gasteiger partial charge in [-0.1, -0.05) is 18.6 Å². The second-order valence-corrected chi connectivity index (χ2v) is 11.4.